The number of fused-ring (bicyclic) bond motifs is 2. The van der Waals surface area contributed by atoms with E-state index >= 15 is 0 Å². The quantitative estimate of drug-likeness (QED) is 0.585. The van der Waals surface area contributed by atoms with Crippen LogP contribution in [0.2, 0.25) is 0 Å². The number of benzene rings is 3. The highest BCUT2D eigenvalue weighted by Gasteiger charge is 2.40. The molecule has 2 aliphatic rings. The molecule has 5 amide bonds. The highest BCUT2D eigenvalue weighted by molar-refractivity contribution is 6.14. The molecule has 34 heavy (non-hydrogen) atoms. The molecule has 1 saturated heterocycles. The lowest BCUT2D eigenvalue weighted by Gasteiger charge is -2.29. The maximum atomic E-state index is 13.2. The number of hydrogen-bond acceptors (Lipinski definition) is 5. The zero-order chi connectivity index (χ0) is 23.8. The third kappa shape index (κ3) is 3.83. The van der Waals surface area contributed by atoms with Crippen LogP contribution in [0.1, 0.15) is 44.7 Å². The van der Waals surface area contributed by atoms with Gasteiger partial charge < -0.3 is 4.90 Å². The normalized spacial score (nSPS) is 17.5. The fraction of sp³-hybridized carbons (Fsp3) is 0.192. The second-order valence-electron chi connectivity index (χ2n) is 8.43. The van der Waals surface area contributed by atoms with E-state index in [1.165, 1.54) is 11.0 Å². The molecule has 2 N–H and O–H groups in total. The molecule has 0 saturated carbocycles. The Labute approximate surface area is 194 Å². The molecule has 1 fully saturated rings. The van der Waals surface area contributed by atoms with Gasteiger partial charge in [0.15, 0.2) is 0 Å². The summed E-state index contributed by atoms with van der Waals surface area (Å²) in [6, 6.07) is 17.4. The van der Waals surface area contributed by atoms with Crippen LogP contribution in [0, 0.1) is 0 Å². The minimum absolute atomic E-state index is 0.0124. The van der Waals surface area contributed by atoms with E-state index in [1.54, 1.807) is 12.1 Å². The maximum Gasteiger partial charge on any atom is 0.258 e. The Morgan fingerprint density at radius 1 is 0.971 bits per heavy atom. The topological polar surface area (TPSA) is 113 Å². The van der Waals surface area contributed by atoms with Gasteiger partial charge in [-0.2, -0.15) is 0 Å². The summed E-state index contributed by atoms with van der Waals surface area (Å²) >= 11 is 0. The standard InChI is InChI=1S/C26H21N3O5/c30-21-12-11-20(25(33)27-21)29-14-17-8-4-10-19(23(17)26(29)34)24(32)28-22(31)13-16-7-3-6-15-5-1-2-9-18(15)16/h1-10,20H,11-14H2,(H,27,30,33)(H,28,31,32). The Balaban J connectivity index is 1.34. The molecule has 3 aromatic carbocycles. The van der Waals surface area contributed by atoms with Gasteiger partial charge in [-0.1, -0.05) is 54.6 Å². The molecule has 1 unspecified atom stereocenters. The van der Waals surface area contributed by atoms with Crippen molar-refractivity contribution in [3.05, 3.63) is 82.9 Å². The highest BCUT2D eigenvalue weighted by Crippen LogP contribution is 2.30. The van der Waals surface area contributed by atoms with E-state index in [1.807, 2.05) is 42.5 Å². The predicted octanol–water partition coefficient (Wildman–Crippen LogP) is 2.10. The van der Waals surface area contributed by atoms with Crippen molar-refractivity contribution < 1.29 is 24.0 Å². The minimum atomic E-state index is -0.776. The predicted molar refractivity (Wildman–Crippen MR) is 123 cm³/mol. The van der Waals surface area contributed by atoms with Gasteiger partial charge in [0.05, 0.1) is 17.5 Å². The van der Waals surface area contributed by atoms with Gasteiger partial charge in [-0.05, 0) is 34.4 Å². The van der Waals surface area contributed by atoms with Crippen LogP contribution in [0.25, 0.3) is 10.8 Å². The number of nitrogens with zero attached hydrogens (tertiary/aromatic N) is 1. The largest absolute Gasteiger partial charge is 0.322 e. The molecule has 0 radical (unpaired) electrons. The van der Waals surface area contributed by atoms with E-state index < -0.39 is 29.7 Å². The lowest BCUT2D eigenvalue weighted by molar-refractivity contribution is -0.137. The Morgan fingerprint density at radius 2 is 1.74 bits per heavy atom. The van der Waals surface area contributed by atoms with Gasteiger partial charge in [-0.15, -0.1) is 0 Å². The van der Waals surface area contributed by atoms with Crippen molar-refractivity contribution in [3.8, 4) is 0 Å². The summed E-state index contributed by atoms with van der Waals surface area (Å²) in [7, 11) is 0. The summed E-state index contributed by atoms with van der Waals surface area (Å²) in [6.07, 6.45) is 0.389. The van der Waals surface area contributed by atoms with Gasteiger partial charge in [0.2, 0.25) is 17.7 Å². The molecule has 3 aromatic rings. The molecule has 2 heterocycles. The molecular formula is C26H21N3O5. The smallest absolute Gasteiger partial charge is 0.258 e. The van der Waals surface area contributed by atoms with E-state index in [-0.39, 0.29) is 42.8 Å². The zero-order valence-electron chi connectivity index (χ0n) is 18.2. The Hall–Kier alpha value is -4.33. The van der Waals surface area contributed by atoms with Gasteiger partial charge in [-0.25, -0.2) is 0 Å². The maximum absolute atomic E-state index is 13.2. The SMILES string of the molecule is O=C(Cc1cccc2ccccc12)NC(=O)c1cccc2c1C(=O)N(C1CCC(=O)NC1=O)C2. The number of carbonyl (C=O) groups excluding carboxylic acids is 5. The second kappa shape index (κ2) is 8.55. The molecule has 0 spiro atoms. The Kier molecular flexibility index (Phi) is 5.41. The first kappa shape index (κ1) is 21.5. The summed E-state index contributed by atoms with van der Waals surface area (Å²) in [5, 5.41) is 6.59. The lowest BCUT2D eigenvalue weighted by Crippen LogP contribution is -2.52. The summed E-state index contributed by atoms with van der Waals surface area (Å²) < 4.78 is 0. The number of imide groups is 2. The van der Waals surface area contributed by atoms with E-state index in [0.717, 1.165) is 16.3 Å². The number of piperidine rings is 1. The van der Waals surface area contributed by atoms with Crippen molar-refractivity contribution in [2.75, 3.05) is 0 Å². The number of carbonyl (C=O) groups is 5. The van der Waals surface area contributed by atoms with Gasteiger partial charge in [-0.3, -0.25) is 34.6 Å². The molecule has 8 nitrogen and oxygen atoms in total. The molecule has 170 valence electrons. The molecular weight excluding hydrogens is 434 g/mol. The van der Waals surface area contributed by atoms with Crippen molar-refractivity contribution in [2.24, 2.45) is 0 Å². The summed E-state index contributed by atoms with van der Waals surface area (Å²) in [4.78, 5) is 63.9. The van der Waals surface area contributed by atoms with Gasteiger partial charge in [0, 0.05) is 13.0 Å². The Morgan fingerprint density at radius 3 is 2.56 bits per heavy atom. The third-order valence-corrected chi connectivity index (χ3v) is 6.28. The first-order valence-corrected chi connectivity index (χ1v) is 11.0. The highest BCUT2D eigenvalue weighted by atomic mass is 16.2. The summed E-state index contributed by atoms with van der Waals surface area (Å²) in [5.41, 5.74) is 1.66. The number of nitrogens with one attached hydrogen (secondary N) is 2. The minimum Gasteiger partial charge on any atom is -0.322 e. The van der Waals surface area contributed by atoms with Crippen LogP contribution in [0.15, 0.2) is 60.7 Å². The molecule has 0 aromatic heterocycles. The van der Waals surface area contributed by atoms with E-state index in [4.69, 9.17) is 0 Å². The van der Waals surface area contributed by atoms with Crippen molar-refractivity contribution >= 4 is 40.3 Å². The lowest BCUT2D eigenvalue weighted by atomic mass is 10.0. The van der Waals surface area contributed by atoms with Gasteiger partial charge in [0.25, 0.3) is 11.8 Å². The van der Waals surface area contributed by atoms with Crippen molar-refractivity contribution in [3.63, 3.8) is 0 Å². The van der Waals surface area contributed by atoms with E-state index in [9.17, 15) is 24.0 Å². The first-order valence-electron chi connectivity index (χ1n) is 11.0. The number of amides is 5. The molecule has 0 aliphatic carbocycles. The van der Waals surface area contributed by atoms with Crippen LogP contribution in [-0.2, 0) is 27.3 Å². The summed E-state index contributed by atoms with van der Waals surface area (Å²) in [6.45, 7) is 0.158. The third-order valence-electron chi connectivity index (χ3n) is 6.28. The first-order chi connectivity index (χ1) is 16.4. The average Bonchev–Trinajstić information content (AvgIpc) is 3.15. The Bertz CT molecular complexity index is 1370. The molecule has 0 bridgehead atoms. The van der Waals surface area contributed by atoms with Crippen molar-refractivity contribution in [2.45, 2.75) is 31.8 Å². The van der Waals surface area contributed by atoms with Crippen molar-refractivity contribution in [1.29, 1.82) is 0 Å². The van der Waals surface area contributed by atoms with Crippen molar-refractivity contribution in [1.82, 2.24) is 15.5 Å². The average molecular weight is 455 g/mol. The van der Waals surface area contributed by atoms with Gasteiger partial charge in [0.1, 0.15) is 6.04 Å². The fourth-order valence-corrected chi connectivity index (χ4v) is 4.66. The fourth-order valence-electron chi connectivity index (χ4n) is 4.66. The summed E-state index contributed by atoms with van der Waals surface area (Å²) in [5.74, 6) is -2.49. The van der Waals surface area contributed by atoms with Crippen LogP contribution in [0.4, 0.5) is 0 Å². The van der Waals surface area contributed by atoms with Crippen LogP contribution in [0.3, 0.4) is 0 Å². The number of hydrogen-bond donors (Lipinski definition) is 2. The second-order valence-corrected chi connectivity index (χ2v) is 8.43. The van der Waals surface area contributed by atoms with E-state index in [2.05, 4.69) is 10.6 Å². The van der Waals surface area contributed by atoms with E-state index in [0.29, 0.717) is 5.56 Å². The van der Waals surface area contributed by atoms with Crippen LogP contribution >= 0.6 is 0 Å². The van der Waals surface area contributed by atoms with Gasteiger partial charge >= 0.3 is 0 Å². The molecule has 5 rings (SSSR count). The monoisotopic (exact) mass is 455 g/mol. The van der Waals surface area contributed by atoms with Crippen LogP contribution in [-0.4, -0.2) is 40.5 Å². The zero-order valence-corrected chi connectivity index (χ0v) is 18.2. The van der Waals surface area contributed by atoms with Crippen LogP contribution < -0.4 is 10.6 Å². The molecule has 1 atom stereocenters. The molecule has 2 aliphatic heterocycles. The molecule has 8 heteroatoms. The van der Waals surface area contributed by atoms with Crippen LogP contribution in [0.5, 0.6) is 0 Å². The number of rotatable bonds is 4.